The van der Waals surface area contributed by atoms with E-state index in [1.54, 1.807) is 30.4 Å². The number of nitrogens with zero attached hydrogens (tertiary/aromatic N) is 4. The molecular weight excluding hydrogens is 332 g/mol. The molecule has 1 aromatic rings. The fraction of sp³-hybridized carbons (Fsp3) is 0.526. The first-order valence-electron chi connectivity index (χ1n) is 8.92. The average molecular weight is 356 g/mol. The average Bonchev–Trinajstić information content (AvgIpc) is 2.87. The normalized spacial score (nSPS) is 30.5. The number of carbonyl (C=O) groups is 1. The lowest BCUT2D eigenvalue weighted by atomic mass is 9.62. The molecule has 1 aliphatic carbocycles. The van der Waals surface area contributed by atoms with E-state index in [1.807, 2.05) is 20.2 Å². The molecule has 138 valence electrons. The summed E-state index contributed by atoms with van der Waals surface area (Å²) in [4.78, 5) is 26.0. The lowest BCUT2D eigenvalue weighted by molar-refractivity contribution is -0.137. The molecule has 7 nitrogen and oxygen atoms in total. The van der Waals surface area contributed by atoms with Gasteiger partial charge in [0.25, 0.3) is 5.91 Å². The van der Waals surface area contributed by atoms with Crippen LogP contribution in [-0.2, 0) is 21.5 Å². The van der Waals surface area contributed by atoms with Gasteiger partial charge in [-0.05, 0) is 42.0 Å². The second-order valence-corrected chi connectivity index (χ2v) is 7.53. The molecule has 0 saturated carbocycles. The van der Waals surface area contributed by atoms with Crippen molar-refractivity contribution in [1.82, 2.24) is 9.80 Å². The lowest BCUT2D eigenvalue weighted by Crippen LogP contribution is -2.53. The molecule has 1 spiro atoms. The molecule has 26 heavy (non-hydrogen) atoms. The van der Waals surface area contributed by atoms with Gasteiger partial charge >= 0.3 is 0 Å². The van der Waals surface area contributed by atoms with E-state index in [0.717, 1.165) is 24.0 Å². The molecule has 2 heterocycles. The van der Waals surface area contributed by atoms with Crippen LogP contribution in [0.5, 0.6) is 5.75 Å². The Balaban J connectivity index is 1.91. The van der Waals surface area contributed by atoms with Crippen LogP contribution in [0.3, 0.4) is 0 Å². The number of carbonyl (C=O) groups excluding carboxylic acids is 1. The van der Waals surface area contributed by atoms with Crippen molar-refractivity contribution in [1.29, 1.82) is 0 Å². The summed E-state index contributed by atoms with van der Waals surface area (Å²) in [5, 5.41) is 10.1. The molecule has 1 fully saturated rings. The Morgan fingerprint density at radius 2 is 2.27 bits per heavy atom. The maximum Gasteiger partial charge on any atom is 0.262 e. The predicted molar refractivity (Wildman–Crippen MR) is 98.3 cm³/mol. The maximum absolute atomic E-state index is 13.5. The summed E-state index contributed by atoms with van der Waals surface area (Å²) in [6.45, 7) is 1.21. The van der Waals surface area contributed by atoms with E-state index >= 15 is 0 Å². The van der Waals surface area contributed by atoms with Gasteiger partial charge in [-0.3, -0.25) is 9.69 Å². The maximum atomic E-state index is 13.5. The summed E-state index contributed by atoms with van der Waals surface area (Å²) >= 11 is 0. The van der Waals surface area contributed by atoms with Crippen molar-refractivity contribution >= 4 is 18.2 Å². The standard InChI is InChI=1S/C19H24N4O3/c1-22(2)11-20-18-21-19(17(25)23(18)3)15-9-14(24)5-4-12(15)8-13-6-7-26-10-16(13)19/h4-5,9,11,13,16,24H,6-8,10H2,1-3H3/t13-,16+,19?/m1/s1. The molecule has 0 aromatic heterocycles. The second-order valence-electron chi connectivity index (χ2n) is 7.53. The van der Waals surface area contributed by atoms with Crippen LogP contribution in [0.4, 0.5) is 0 Å². The number of hydrogen-bond donors (Lipinski definition) is 1. The highest BCUT2D eigenvalue weighted by Crippen LogP contribution is 2.51. The molecule has 7 heteroatoms. The van der Waals surface area contributed by atoms with Gasteiger partial charge < -0.3 is 14.7 Å². The van der Waals surface area contributed by atoms with Crippen molar-refractivity contribution in [2.45, 2.75) is 18.4 Å². The first-order chi connectivity index (χ1) is 12.4. The highest BCUT2D eigenvalue weighted by molar-refractivity contribution is 6.09. The van der Waals surface area contributed by atoms with Crippen molar-refractivity contribution in [3.05, 3.63) is 29.3 Å². The summed E-state index contributed by atoms with van der Waals surface area (Å²) in [5.74, 6) is 0.723. The van der Waals surface area contributed by atoms with E-state index in [2.05, 4.69) is 4.99 Å². The first-order valence-corrected chi connectivity index (χ1v) is 8.92. The zero-order valence-corrected chi connectivity index (χ0v) is 15.3. The molecule has 4 rings (SSSR count). The van der Waals surface area contributed by atoms with Crippen LogP contribution in [0.15, 0.2) is 28.2 Å². The number of hydrogen-bond acceptors (Lipinski definition) is 5. The molecule has 3 atom stereocenters. The number of fused-ring (bicyclic) bond motifs is 4. The van der Waals surface area contributed by atoms with E-state index < -0.39 is 5.54 Å². The summed E-state index contributed by atoms with van der Waals surface area (Å²) in [6, 6.07) is 5.29. The van der Waals surface area contributed by atoms with Gasteiger partial charge in [-0.1, -0.05) is 6.07 Å². The van der Waals surface area contributed by atoms with E-state index in [4.69, 9.17) is 9.73 Å². The molecule has 1 aromatic carbocycles. The number of phenolic OH excluding ortho intramolecular Hbond substituents is 1. The number of rotatable bonds is 1. The van der Waals surface area contributed by atoms with E-state index in [0.29, 0.717) is 25.1 Å². The third-order valence-corrected chi connectivity index (χ3v) is 5.63. The minimum atomic E-state index is -1.06. The Bertz CT molecular complexity index is 804. The Labute approximate surface area is 153 Å². The van der Waals surface area contributed by atoms with E-state index in [1.165, 1.54) is 4.90 Å². The SMILES string of the molecule is CN(C)C=NC1=NC2(C(=O)N1C)c1cc(O)ccc1C[C@H]1CCOC[C@@H]12. The lowest BCUT2D eigenvalue weighted by Gasteiger charge is -2.45. The van der Waals surface area contributed by atoms with Crippen LogP contribution < -0.4 is 0 Å². The monoisotopic (exact) mass is 356 g/mol. The van der Waals surface area contributed by atoms with Gasteiger partial charge in [0.2, 0.25) is 5.96 Å². The van der Waals surface area contributed by atoms with Crippen molar-refractivity contribution in [2.24, 2.45) is 21.8 Å². The number of guanidine groups is 1. The molecule has 0 bridgehead atoms. The third-order valence-electron chi connectivity index (χ3n) is 5.63. The second kappa shape index (κ2) is 6.09. The zero-order chi connectivity index (χ0) is 18.5. The Kier molecular flexibility index (Phi) is 3.99. The number of aromatic hydroxyl groups is 1. The number of aliphatic imine (C=N–C) groups is 2. The van der Waals surface area contributed by atoms with Crippen LogP contribution in [0.1, 0.15) is 17.5 Å². The highest BCUT2D eigenvalue weighted by Gasteiger charge is 2.59. The Morgan fingerprint density at radius 1 is 1.46 bits per heavy atom. The fourth-order valence-corrected chi connectivity index (χ4v) is 4.39. The summed E-state index contributed by atoms with van der Waals surface area (Å²) in [7, 11) is 5.45. The van der Waals surface area contributed by atoms with Crippen LogP contribution in [0.2, 0.25) is 0 Å². The van der Waals surface area contributed by atoms with E-state index in [9.17, 15) is 9.90 Å². The summed E-state index contributed by atoms with van der Waals surface area (Å²) in [6.07, 6.45) is 3.44. The van der Waals surface area contributed by atoms with Gasteiger partial charge in [0, 0.05) is 33.7 Å². The number of benzene rings is 1. The number of amides is 1. The van der Waals surface area contributed by atoms with Gasteiger partial charge in [0.05, 0.1) is 12.9 Å². The fourth-order valence-electron chi connectivity index (χ4n) is 4.39. The summed E-state index contributed by atoms with van der Waals surface area (Å²) < 4.78 is 5.74. The number of phenols is 1. The molecule has 1 N–H and O–H groups in total. The van der Waals surface area contributed by atoms with Gasteiger partial charge in [-0.25, -0.2) is 9.98 Å². The Hall–Kier alpha value is -2.41. The largest absolute Gasteiger partial charge is 0.508 e. The predicted octanol–water partition coefficient (Wildman–Crippen LogP) is 1.21. The van der Waals surface area contributed by atoms with E-state index in [-0.39, 0.29) is 17.6 Å². The minimum absolute atomic E-state index is 0.0486. The van der Waals surface area contributed by atoms with Gasteiger partial charge in [0.15, 0.2) is 5.54 Å². The summed E-state index contributed by atoms with van der Waals surface area (Å²) in [5.41, 5.74) is 0.802. The van der Waals surface area contributed by atoms with Crippen molar-refractivity contribution < 1.29 is 14.6 Å². The Morgan fingerprint density at radius 3 is 3.04 bits per heavy atom. The van der Waals surface area contributed by atoms with Crippen molar-refractivity contribution in [2.75, 3.05) is 34.4 Å². The van der Waals surface area contributed by atoms with Crippen LogP contribution >= 0.6 is 0 Å². The van der Waals surface area contributed by atoms with Gasteiger partial charge in [-0.15, -0.1) is 0 Å². The molecule has 2 aliphatic heterocycles. The van der Waals surface area contributed by atoms with Crippen LogP contribution in [0, 0.1) is 11.8 Å². The van der Waals surface area contributed by atoms with Gasteiger partial charge in [0.1, 0.15) is 5.75 Å². The molecule has 1 amide bonds. The molecule has 1 unspecified atom stereocenters. The smallest absolute Gasteiger partial charge is 0.262 e. The van der Waals surface area contributed by atoms with Crippen molar-refractivity contribution in [3.8, 4) is 5.75 Å². The zero-order valence-electron chi connectivity index (χ0n) is 15.3. The number of ether oxygens (including phenoxy) is 1. The molecule has 1 saturated heterocycles. The minimum Gasteiger partial charge on any atom is -0.508 e. The topological polar surface area (TPSA) is 77.7 Å². The molecule has 0 radical (unpaired) electrons. The number of likely N-dealkylation sites (N-methyl/N-ethyl adjacent to an activating group) is 1. The van der Waals surface area contributed by atoms with Gasteiger partial charge in [-0.2, -0.15) is 0 Å². The highest BCUT2D eigenvalue weighted by atomic mass is 16.5. The molecule has 3 aliphatic rings. The third kappa shape index (κ3) is 2.41. The van der Waals surface area contributed by atoms with Crippen molar-refractivity contribution in [3.63, 3.8) is 0 Å². The van der Waals surface area contributed by atoms with Crippen LogP contribution in [0.25, 0.3) is 0 Å². The quantitative estimate of drug-likeness (QED) is 0.606. The van der Waals surface area contributed by atoms with Crippen LogP contribution in [-0.4, -0.2) is 67.5 Å². The molecular formula is C19H24N4O3. The first kappa shape index (κ1) is 17.0.